The molecule has 159 valence electrons. The van der Waals surface area contributed by atoms with E-state index in [1.165, 1.54) is 11.1 Å². The average molecular weight is 488 g/mol. The van der Waals surface area contributed by atoms with E-state index in [1.54, 1.807) is 0 Å². The van der Waals surface area contributed by atoms with Gasteiger partial charge in [-0.1, -0.05) is 0 Å². The summed E-state index contributed by atoms with van der Waals surface area (Å²) >= 11 is 2.51. The molecule has 1 amide bonds. The molecule has 1 radical (unpaired) electrons. The van der Waals surface area contributed by atoms with Gasteiger partial charge in [-0.2, -0.15) is 0 Å². The number of hydrogen-bond acceptors (Lipinski definition) is 3. The molecule has 6 heteroatoms. The van der Waals surface area contributed by atoms with Gasteiger partial charge in [0, 0.05) is 0 Å². The Morgan fingerprint density at radius 2 is 1.56 bits per heavy atom. The number of alkyl carbamates (subject to hydrolysis) is 1. The number of carbonyl (C=O) groups excluding carboxylic acids is 2. The van der Waals surface area contributed by atoms with E-state index in [4.69, 9.17) is 4.74 Å². The van der Waals surface area contributed by atoms with Crippen molar-refractivity contribution in [1.82, 2.24) is 10.3 Å². The Kier molecular flexibility index (Phi) is 5.56. The molecule has 32 heavy (non-hydrogen) atoms. The van der Waals surface area contributed by atoms with Gasteiger partial charge in [-0.3, -0.25) is 0 Å². The van der Waals surface area contributed by atoms with Crippen LogP contribution in [0.3, 0.4) is 0 Å². The van der Waals surface area contributed by atoms with E-state index < -0.39 is 12.1 Å². The predicted octanol–water partition coefficient (Wildman–Crippen LogP) is 4.31. The van der Waals surface area contributed by atoms with Crippen LogP contribution < -0.4 is 5.32 Å². The van der Waals surface area contributed by atoms with Crippen LogP contribution >= 0.6 is 0 Å². The molecule has 3 aromatic carbocycles. The molecule has 0 spiro atoms. The number of hydrogen-bond donors (Lipinski definition) is 2. The Hall–Kier alpha value is -3.34. The summed E-state index contributed by atoms with van der Waals surface area (Å²) < 4.78 is 5.37. The number of benzene rings is 3. The zero-order valence-electron chi connectivity index (χ0n) is 17.2. The SMILES string of the molecule is O=C(N[C@H](Cc1c[nH]c2ccccc12)C(=O)[Se])OCC1c2ccccc2-c2ccccc21. The number of H-pyrrole nitrogens is 1. The van der Waals surface area contributed by atoms with Crippen LogP contribution in [0.4, 0.5) is 4.79 Å². The van der Waals surface area contributed by atoms with Crippen molar-refractivity contribution in [3.8, 4) is 11.1 Å². The molecule has 0 bridgehead atoms. The normalized spacial score (nSPS) is 13.4. The van der Waals surface area contributed by atoms with Gasteiger partial charge in [0.15, 0.2) is 0 Å². The number of aromatic nitrogens is 1. The van der Waals surface area contributed by atoms with E-state index in [0.29, 0.717) is 6.42 Å². The molecule has 1 heterocycles. The van der Waals surface area contributed by atoms with Crippen LogP contribution in [0.2, 0.25) is 0 Å². The fourth-order valence-corrected chi connectivity index (χ4v) is 4.79. The molecule has 1 aliphatic rings. The number of rotatable bonds is 6. The van der Waals surface area contributed by atoms with Gasteiger partial charge < -0.3 is 0 Å². The molecule has 1 aliphatic carbocycles. The van der Waals surface area contributed by atoms with Gasteiger partial charge in [0.1, 0.15) is 0 Å². The second kappa shape index (κ2) is 8.65. The number of ether oxygens (including phenoxy) is 1. The molecule has 2 N–H and O–H groups in total. The summed E-state index contributed by atoms with van der Waals surface area (Å²) in [6.07, 6.45) is 1.65. The summed E-state index contributed by atoms with van der Waals surface area (Å²) in [6.45, 7) is 0.210. The van der Waals surface area contributed by atoms with E-state index in [9.17, 15) is 9.59 Å². The Morgan fingerprint density at radius 3 is 2.25 bits per heavy atom. The fourth-order valence-electron chi connectivity index (χ4n) is 4.50. The van der Waals surface area contributed by atoms with Crippen molar-refractivity contribution < 1.29 is 14.3 Å². The van der Waals surface area contributed by atoms with Crippen molar-refractivity contribution in [2.45, 2.75) is 18.4 Å². The molecule has 1 aromatic heterocycles. The summed E-state index contributed by atoms with van der Waals surface area (Å²) in [7, 11) is 0. The predicted molar refractivity (Wildman–Crippen MR) is 125 cm³/mol. The molecule has 0 unspecified atom stereocenters. The Bertz CT molecular complexity index is 1270. The van der Waals surface area contributed by atoms with Crippen LogP contribution in [0.25, 0.3) is 22.0 Å². The van der Waals surface area contributed by atoms with E-state index in [1.807, 2.05) is 54.7 Å². The second-order valence-electron chi connectivity index (χ2n) is 7.91. The molecule has 5 nitrogen and oxygen atoms in total. The standard InChI is InChI=1S/C26H21N2O3Se/c29-25(32)24(13-16-14-27-23-12-6-5-7-17(16)23)28-26(30)31-15-22-20-10-3-1-8-18(20)19-9-2-4-11-21(19)22/h1-12,14,22,24,27H,13,15H2,(H,28,30)/t24-/m1/s1. The molecule has 0 fully saturated rings. The molecule has 5 rings (SSSR count). The van der Waals surface area contributed by atoms with Crippen molar-refractivity contribution in [3.63, 3.8) is 0 Å². The summed E-state index contributed by atoms with van der Waals surface area (Å²) in [5.74, 6) is -0.0240. The Labute approximate surface area is 194 Å². The Balaban J connectivity index is 1.28. The first-order chi connectivity index (χ1) is 15.6. The maximum atomic E-state index is 12.6. The van der Waals surface area contributed by atoms with Gasteiger partial charge in [0.05, 0.1) is 0 Å². The zero-order valence-corrected chi connectivity index (χ0v) is 18.9. The zero-order chi connectivity index (χ0) is 22.1. The van der Waals surface area contributed by atoms with Gasteiger partial charge >= 0.3 is 194 Å². The Morgan fingerprint density at radius 1 is 0.938 bits per heavy atom. The minimum absolute atomic E-state index is 0.0240. The van der Waals surface area contributed by atoms with Crippen LogP contribution in [-0.4, -0.2) is 44.4 Å². The van der Waals surface area contributed by atoms with Gasteiger partial charge in [-0.05, 0) is 0 Å². The van der Waals surface area contributed by atoms with Crippen molar-refractivity contribution >= 4 is 37.7 Å². The molecule has 1 atom stereocenters. The number of fused-ring (bicyclic) bond motifs is 4. The molecule has 0 aliphatic heterocycles. The van der Waals surface area contributed by atoms with Gasteiger partial charge in [-0.15, -0.1) is 0 Å². The minimum atomic E-state index is -0.704. The fraction of sp³-hybridized carbons (Fsp3) is 0.154. The third-order valence-electron chi connectivity index (χ3n) is 6.02. The number of para-hydroxylation sites is 1. The first-order valence-electron chi connectivity index (χ1n) is 10.5. The van der Waals surface area contributed by atoms with Crippen molar-refractivity contribution in [2.24, 2.45) is 0 Å². The second-order valence-corrected chi connectivity index (χ2v) is 8.75. The monoisotopic (exact) mass is 489 g/mol. The quantitative estimate of drug-likeness (QED) is 0.398. The molecular formula is C26H21N2O3Se. The van der Waals surface area contributed by atoms with Crippen LogP contribution in [0.15, 0.2) is 79.0 Å². The van der Waals surface area contributed by atoms with E-state index in [2.05, 4.69) is 50.6 Å². The van der Waals surface area contributed by atoms with E-state index in [-0.39, 0.29) is 17.2 Å². The third kappa shape index (κ3) is 3.83. The summed E-state index contributed by atoms with van der Waals surface area (Å²) in [4.78, 5) is 28.0. The van der Waals surface area contributed by atoms with Crippen molar-refractivity contribution in [3.05, 3.63) is 95.7 Å². The van der Waals surface area contributed by atoms with E-state index in [0.717, 1.165) is 27.6 Å². The van der Waals surface area contributed by atoms with Crippen LogP contribution in [0, 0.1) is 0 Å². The number of nitrogens with one attached hydrogen (secondary N) is 2. The molecule has 0 saturated heterocycles. The molecule has 4 aromatic rings. The van der Waals surface area contributed by atoms with Gasteiger partial charge in [0.2, 0.25) is 0 Å². The first kappa shape index (κ1) is 20.6. The van der Waals surface area contributed by atoms with Gasteiger partial charge in [-0.25, -0.2) is 0 Å². The maximum absolute atomic E-state index is 12.6. The van der Waals surface area contributed by atoms with E-state index >= 15 is 0 Å². The van der Waals surface area contributed by atoms with Gasteiger partial charge in [0.25, 0.3) is 0 Å². The summed E-state index contributed by atoms with van der Waals surface area (Å²) in [5, 5.41) is 3.77. The number of carbonyl (C=O) groups is 2. The van der Waals surface area contributed by atoms with Crippen LogP contribution in [0.1, 0.15) is 22.6 Å². The molecule has 0 saturated carbocycles. The number of aromatic amines is 1. The van der Waals surface area contributed by atoms with Crippen molar-refractivity contribution in [2.75, 3.05) is 6.61 Å². The summed E-state index contributed by atoms with van der Waals surface area (Å²) in [5.41, 5.74) is 6.61. The first-order valence-corrected chi connectivity index (χ1v) is 11.3. The number of amides is 1. The third-order valence-corrected chi connectivity index (χ3v) is 6.62. The average Bonchev–Trinajstić information content (AvgIpc) is 3.36. The van der Waals surface area contributed by atoms with Crippen LogP contribution in [-0.2, 0) is 16.0 Å². The molecular weight excluding hydrogens is 467 g/mol. The van der Waals surface area contributed by atoms with Crippen LogP contribution in [0.5, 0.6) is 0 Å². The topological polar surface area (TPSA) is 71.2 Å². The summed E-state index contributed by atoms with van der Waals surface area (Å²) in [6, 6.07) is 23.6. The van der Waals surface area contributed by atoms with Crippen molar-refractivity contribution in [1.29, 1.82) is 0 Å².